The van der Waals surface area contributed by atoms with Crippen molar-refractivity contribution < 1.29 is 19.1 Å². The number of amides is 2. The molecule has 21 heavy (non-hydrogen) atoms. The number of hydrogen-bond donors (Lipinski definition) is 2. The Morgan fingerprint density at radius 1 is 1.48 bits per heavy atom. The Balaban J connectivity index is 2.20. The Morgan fingerprint density at radius 2 is 2.19 bits per heavy atom. The molecule has 0 aromatic heterocycles. The molecule has 0 bridgehead atoms. The van der Waals surface area contributed by atoms with Crippen molar-refractivity contribution in [1.29, 1.82) is 0 Å². The molecule has 5 nitrogen and oxygen atoms in total. The number of anilines is 1. The highest BCUT2D eigenvalue weighted by atomic mass is 79.9. The third-order valence-electron chi connectivity index (χ3n) is 3.64. The highest BCUT2D eigenvalue weighted by Crippen LogP contribution is 2.28. The summed E-state index contributed by atoms with van der Waals surface area (Å²) in [6, 6.07) is 2.86. The number of halogens is 2. The van der Waals surface area contributed by atoms with Crippen LogP contribution in [0.2, 0.25) is 0 Å². The average molecular weight is 359 g/mol. The minimum absolute atomic E-state index is 0.0184. The van der Waals surface area contributed by atoms with Crippen molar-refractivity contribution in [1.82, 2.24) is 4.90 Å². The lowest BCUT2D eigenvalue weighted by Crippen LogP contribution is -2.53. The van der Waals surface area contributed by atoms with E-state index in [-0.39, 0.29) is 11.6 Å². The van der Waals surface area contributed by atoms with E-state index < -0.39 is 23.9 Å². The van der Waals surface area contributed by atoms with Crippen LogP contribution < -0.4 is 5.32 Å². The first-order valence-electron chi connectivity index (χ1n) is 6.66. The quantitative estimate of drug-likeness (QED) is 0.851. The maximum Gasteiger partial charge on any atom is 0.326 e. The smallest absolute Gasteiger partial charge is 0.326 e. The number of carbonyl (C=O) groups excluding carboxylic acids is 1. The van der Waals surface area contributed by atoms with E-state index in [4.69, 9.17) is 0 Å². The summed E-state index contributed by atoms with van der Waals surface area (Å²) in [6.07, 6.45) is 1.49. The van der Waals surface area contributed by atoms with Gasteiger partial charge in [0, 0.05) is 11.0 Å². The predicted octanol–water partition coefficient (Wildman–Crippen LogP) is 3.31. The first-order valence-corrected chi connectivity index (χ1v) is 7.45. The van der Waals surface area contributed by atoms with Crippen molar-refractivity contribution in [3.8, 4) is 0 Å². The van der Waals surface area contributed by atoms with Crippen LogP contribution in [0.25, 0.3) is 0 Å². The van der Waals surface area contributed by atoms with Crippen LogP contribution in [0.5, 0.6) is 0 Å². The van der Waals surface area contributed by atoms with E-state index in [0.717, 1.165) is 12.8 Å². The van der Waals surface area contributed by atoms with Crippen molar-refractivity contribution in [3.05, 3.63) is 28.5 Å². The van der Waals surface area contributed by atoms with Gasteiger partial charge in [-0.3, -0.25) is 0 Å². The molecular weight excluding hydrogens is 343 g/mol. The van der Waals surface area contributed by atoms with Gasteiger partial charge in [-0.15, -0.1) is 0 Å². The number of aliphatic carboxylic acids is 1. The van der Waals surface area contributed by atoms with E-state index in [0.29, 0.717) is 11.0 Å². The molecule has 2 atom stereocenters. The van der Waals surface area contributed by atoms with Crippen LogP contribution >= 0.6 is 15.9 Å². The van der Waals surface area contributed by atoms with Gasteiger partial charge in [-0.25, -0.2) is 14.0 Å². The second kappa shape index (κ2) is 6.43. The molecular formula is C14H16BrFN2O3. The van der Waals surface area contributed by atoms with E-state index in [1.165, 1.54) is 17.0 Å². The number of carboxylic acid groups (broad SMARTS) is 1. The van der Waals surface area contributed by atoms with E-state index in [1.54, 1.807) is 13.0 Å². The summed E-state index contributed by atoms with van der Waals surface area (Å²) in [5, 5.41) is 11.8. The second-order valence-electron chi connectivity index (χ2n) is 5.12. The lowest BCUT2D eigenvalue weighted by Gasteiger charge is -2.37. The first kappa shape index (κ1) is 15.8. The summed E-state index contributed by atoms with van der Waals surface area (Å²) in [5.41, 5.74) is 0.0184. The number of rotatable bonds is 2. The maximum absolute atomic E-state index is 13.7. The van der Waals surface area contributed by atoms with Crippen molar-refractivity contribution in [2.45, 2.75) is 25.8 Å². The highest BCUT2D eigenvalue weighted by molar-refractivity contribution is 9.10. The molecule has 0 spiro atoms. The van der Waals surface area contributed by atoms with E-state index in [1.807, 2.05) is 0 Å². The third kappa shape index (κ3) is 3.34. The van der Waals surface area contributed by atoms with Crippen LogP contribution in [0.1, 0.15) is 19.8 Å². The monoisotopic (exact) mass is 358 g/mol. The third-order valence-corrected chi connectivity index (χ3v) is 4.30. The Morgan fingerprint density at radius 3 is 2.81 bits per heavy atom. The Labute approximate surface area is 130 Å². The minimum Gasteiger partial charge on any atom is -0.480 e. The summed E-state index contributed by atoms with van der Waals surface area (Å²) in [7, 11) is 0. The number of hydrogen-bond acceptors (Lipinski definition) is 2. The number of carboxylic acids is 1. The van der Waals surface area contributed by atoms with Gasteiger partial charge in [-0.05, 0) is 46.8 Å². The summed E-state index contributed by atoms with van der Waals surface area (Å²) < 4.78 is 14.1. The molecule has 0 aliphatic carbocycles. The average Bonchev–Trinajstić information content (AvgIpc) is 2.42. The molecule has 2 rings (SSSR count). The number of likely N-dealkylation sites (tertiary alicyclic amines) is 1. The lowest BCUT2D eigenvalue weighted by molar-refractivity contribution is -0.145. The molecule has 7 heteroatoms. The van der Waals surface area contributed by atoms with Gasteiger partial charge in [0.05, 0.1) is 5.69 Å². The molecule has 0 radical (unpaired) electrons. The molecule has 2 amide bonds. The molecule has 114 valence electrons. The molecule has 0 saturated carbocycles. The molecule has 2 unspecified atom stereocenters. The number of nitrogens with zero attached hydrogens (tertiary/aromatic N) is 1. The van der Waals surface area contributed by atoms with Gasteiger partial charge in [0.15, 0.2) is 0 Å². The minimum atomic E-state index is -1.04. The van der Waals surface area contributed by atoms with Gasteiger partial charge in [0.25, 0.3) is 0 Å². The van der Waals surface area contributed by atoms with Crippen LogP contribution in [-0.4, -0.2) is 34.6 Å². The van der Waals surface area contributed by atoms with Crippen LogP contribution in [0.3, 0.4) is 0 Å². The van der Waals surface area contributed by atoms with Crippen molar-refractivity contribution in [2.24, 2.45) is 5.92 Å². The van der Waals surface area contributed by atoms with Gasteiger partial charge in [0.2, 0.25) is 0 Å². The van der Waals surface area contributed by atoms with Crippen LogP contribution in [-0.2, 0) is 4.79 Å². The summed E-state index contributed by atoms with van der Waals surface area (Å²) >= 11 is 3.17. The zero-order valence-electron chi connectivity index (χ0n) is 11.5. The van der Waals surface area contributed by atoms with E-state index in [2.05, 4.69) is 21.2 Å². The fraction of sp³-hybridized carbons (Fsp3) is 0.429. The lowest BCUT2D eigenvalue weighted by atomic mass is 9.91. The van der Waals surface area contributed by atoms with Gasteiger partial charge >= 0.3 is 12.0 Å². The predicted molar refractivity (Wildman–Crippen MR) is 79.6 cm³/mol. The van der Waals surface area contributed by atoms with Crippen molar-refractivity contribution >= 4 is 33.6 Å². The van der Waals surface area contributed by atoms with Crippen LogP contribution in [0, 0.1) is 11.7 Å². The molecule has 2 N–H and O–H groups in total. The largest absolute Gasteiger partial charge is 0.480 e. The van der Waals surface area contributed by atoms with E-state index >= 15 is 0 Å². The molecule has 1 aliphatic rings. The fourth-order valence-corrected chi connectivity index (χ4v) is 3.03. The highest BCUT2D eigenvalue weighted by Gasteiger charge is 2.37. The number of benzene rings is 1. The molecule has 1 aliphatic heterocycles. The summed E-state index contributed by atoms with van der Waals surface area (Å²) in [6.45, 7) is 2.15. The van der Waals surface area contributed by atoms with Gasteiger partial charge in [-0.2, -0.15) is 0 Å². The molecule has 1 saturated heterocycles. The van der Waals surface area contributed by atoms with Crippen LogP contribution in [0.15, 0.2) is 22.7 Å². The maximum atomic E-state index is 13.7. The second-order valence-corrected chi connectivity index (χ2v) is 5.98. The number of carbonyl (C=O) groups is 2. The fourth-order valence-electron chi connectivity index (χ4n) is 2.59. The zero-order chi connectivity index (χ0) is 15.6. The Hall–Kier alpha value is -1.63. The first-order chi connectivity index (χ1) is 9.91. The number of para-hydroxylation sites is 1. The normalized spacial score (nSPS) is 22.0. The molecule has 1 heterocycles. The van der Waals surface area contributed by atoms with Crippen LogP contribution in [0.4, 0.5) is 14.9 Å². The Bertz CT molecular complexity index is 547. The van der Waals surface area contributed by atoms with Crippen molar-refractivity contribution in [3.63, 3.8) is 0 Å². The Kier molecular flexibility index (Phi) is 4.82. The number of nitrogens with one attached hydrogen (secondary N) is 1. The molecule has 1 aromatic carbocycles. The van der Waals surface area contributed by atoms with Crippen molar-refractivity contribution in [2.75, 3.05) is 11.9 Å². The number of piperidine rings is 1. The summed E-state index contributed by atoms with van der Waals surface area (Å²) in [4.78, 5) is 24.9. The SMILES string of the molecule is CC1CCCN(C(=O)Nc2c(F)cccc2Br)C1C(=O)O. The number of urea groups is 1. The van der Waals surface area contributed by atoms with Gasteiger partial charge in [0.1, 0.15) is 11.9 Å². The molecule has 1 fully saturated rings. The van der Waals surface area contributed by atoms with Gasteiger partial charge in [-0.1, -0.05) is 13.0 Å². The van der Waals surface area contributed by atoms with E-state index in [9.17, 15) is 19.1 Å². The molecule has 1 aromatic rings. The standard InChI is InChI=1S/C14H16BrFN2O3/c1-8-4-3-7-18(12(8)13(19)20)14(21)17-11-9(15)5-2-6-10(11)16/h2,5-6,8,12H,3-4,7H2,1H3,(H,17,21)(H,19,20). The summed E-state index contributed by atoms with van der Waals surface area (Å²) in [5.74, 6) is -1.74. The van der Waals surface area contributed by atoms with Gasteiger partial charge < -0.3 is 15.3 Å². The topological polar surface area (TPSA) is 69.6 Å². The zero-order valence-corrected chi connectivity index (χ0v) is 13.1.